The SMILES string of the molecule is N#Cc1ccc(CC2CCNC2=O)cc1F. The first-order valence-electron chi connectivity index (χ1n) is 5.17. The highest BCUT2D eigenvalue weighted by atomic mass is 19.1. The molecule has 1 unspecified atom stereocenters. The van der Waals surface area contributed by atoms with E-state index in [1.165, 1.54) is 12.1 Å². The average Bonchev–Trinajstić information content (AvgIpc) is 2.65. The summed E-state index contributed by atoms with van der Waals surface area (Å²) in [5.74, 6) is -0.546. The maximum Gasteiger partial charge on any atom is 0.223 e. The van der Waals surface area contributed by atoms with Crippen LogP contribution in [-0.4, -0.2) is 12.5 Å². The van der Waals surface area contributed by atoms with Crippen LogP contribution < -0.4 is 5.32 Å². The molecule has 1 heterocycles. The lowest BCUT2D eigenvalue weighted by molar-refractivity contribution is -0.122. The van der Waals surface area contributed by atoms with Gasteiger partial charge in [-0.05, 0) is 30.5 Å². The Kier molecular flexibility index (Phi) is 2.86. The molecule has 1 N–H and O–H groups in total. The van der Waals surface area contributed by atoms with Crippen LogP contribution in [0.5, 0.6) is 0 Å². The Morgan fingerprint density at radius 1 is 1.56 bits per heavy atom. The molecule has 0 aliphatic carbocycles. The molecule has 4 heteroatoms. The monoisotopic (exact) mass is 218 g/mol. The third-order valence-corrected chi connectivity index (χ3v) is 2.80. The zero-order chi connectivity index (χ0) is 11.5. The Balaban J connectivity index is 2.14. The highest BCUT2D eigenvalue weighted by Gasteiger charge is 2.24. The van der Waals surface area contributed by atoms with E-state index in [4.69, 9.17) is 5.26 Å². The van der Waals surface area contributed by atoms with Crippen molar-refractivity contribution in [3.8, 4) is 6.07 Å². The molecular weight excluding hydrogens is 207 g/mol. The second-order valence-corrected chi connectivity index (χ2v) is 3.91. The molecular formula is C12H11FN2O. The van der Waals surface area contributed by atoms with Crippen LogP contribution in [0.15, 0.2) is 18.2 Å². The molecule has 1 aromatic rings. The van der Waals surface area contributed by atoms with Gasteiger partial charge in [-0.15, -0.1) is 0 Å². The van der Waals surface area contributed by atoms with E-state index in [2.05, 4.69) is 5.32 Å². The molecule has 1 aliphatic heterocycles. The van der Waals surface area contributed by atoms with Crippen molar-refractivity contribution >= 4 is 5.91 Å². The number of amides is 1. The summed E-state index contributed by atoms with van der Waals surface area (Å²) in [4.78, 5) is 11.3. The van der Waals surface area contributed by atoms with E-state index >= 15 is 0 Å². The van der Waals surface area contributed by atoms with Crippen LogP contribution in [0.1, 0.15) is 17.5 Å². The van der Waals surface area contributed by atoms with Gasteiger partial charge in [-0.25, -0.2) is 4.39 Å². The zero-order valence-corrected chi connectivity index (χ0v) is 8.66. The lowest BCUT2D eigenvalue weighted by Crippen LogP contribution is -2.20. The Labute approximate surface area is 92.9 Å². The lowest BCUT2D eigenvalue weighted by atomic mass is 9.97. The summed E-state index contributed by atoms with van der Waals surface area (Å²) in [5.41, 5.74) is 0.804. The van der Waals surface area contributed by atoms with Crippen molar-refractivity contribution in [2.24, 2.45) is 5.92 Å². The first kappa shape index (κ1) is 10.6. The molecule has 0 spiro atoms. The van der Waals surface area contributed by atoms with Crippen LogP contribution in [0.2, 0.25) is 0 Å². The summed E-state index contributed by atoms with van der Waals surface area (Å²) in [6.07, 6.45) is 1.33. The van der Waals surface area contributed by atoms with Crippen molar-refractivity contribution in [3.05, 3.63) is 35.1 Å². The summed E-state index contributed by atoms with van der Waals surface area (Å²) >= 11 is 0. The molecule has 0 saturated carbocycles. The number of rotatable bonds is 2. The highest BCUT2D eigenvalue weighted by molar-refractivity contribution is 5.80. The van der Waals surface area contributed by atoms with Crippen LogP contribution >= 0.6 is 0 Å². The zero-order valence-electron chi connectivity index (χ0n) is 8.66. The number of benzene rings is 1. The minimum atomic E-state index is -0.515. The Hall–Kier alpha value is -1.89. The molecule has 0 aromatic heterocycles. The van der Waals surface area contributed by atoms with Gasteiger partial charge >= 0.3 is 0 Å². The van der Waals surface area contributed by atoms with Gasteiger partial charge in [0.25, 0.3) is 0 Å². The van der Waals surface area contributed by atoms with Crippen molar-refractivity contribution in [1.29, 1.82) is 5.26 Å². The number of carbonyl (C=O) groups is 1. The fourth-order valence-corrected chi connectivity index (χ4v) is 1.90. The summed E-state index contributed by atoms with van der Waals surface area (Å²) < 4.78 is 13.3. The normalized spacial score (nSPS) is 19.2. The highest BCUT2D eigenvalue weighted by Crippen LogP contribution is 2.18. The molecule has 1 aromatic carbocycles. The van der Waals surface area contributed by atoms with Gasteiger partial charge in [-0.1, -0.05) is 6.07 Å². The first-order valence-corrected chi connectivity index (χ1v) is 5.17. The molecule has 1 aliphatic rings. The second kappa shape index (κ2) is 4.31. The minimum absolute atomic E-state index is 0.0322. The Morgan fingerprint density at radius 2 is 2.38 bits per heavy atom. The molecule has 1 atom stereocenters. The topological polar surface area (TPSA) is 52.9 Å². The molecule has 2 rings (SSSR count). The number of nitrogens with zero attached hydrogens (tertiary/aromatic N) is 1. The number of nitrogens with one attached hydrogen (secondary N) is 1. The quantitative estimate of drug-likeness (QED) is 0.815. The van der Waals surface area contributed by atoms with E-state index in [-0.39, 0.29) is 17.4 Å². The number of nitriles is 1. The average molecular weight is 218 g/mol. The molecule has 3 nitrogen and oxygen atoms in total. The molecule has 1 saturated heterocycles. The van der Waals surface area contributed by atoms with Crippen molar-refractivity contribution < 1.29 is 9.18 Å². The van der Waals surface area contributed by atoms with Crippen LogP contribution in [-0.2, 0) is 11.2 Å². The van der Waals surface area contributed by atoms with Gasteiger partial charge in [-0.3, -0.25) is 4.79 Å². The Morgan fingerprint density at radius 3 is 2.94 bits per heavy atom. The van der Waals surface area contributed by atoms with Gasteiger partial charge < -0.3 is 5.32 Å². The molecule has 1 amide bonds. The van der Waals surface area contributed by atoms with E-state index in [0.29, 0.717) is 13.0 Å². The van der Waals surface area contributed by atoms with Gasteiger partial charge in [0.2, 0.25) is 5.91 Å². The van der Waals surface area contributed by atoms with Gasteiger partial charge in [0.05, 0.1) is 5.56 Å². The van der Waals surface area contributed by atoms with E-state index in [1.807, 2.05) is 0 Å². The summed E-state index contributed by atoms with van der Waals surface area (Å²) in [5, 5.41) is 11.3. The maximum absolute atomic E-state index is 13.3. The van der Waals surface area contributed by atoms with E-state index < -0.39 is 5.82 Å². The standard InChI is InChI=1S/C12H11FN2O/c13-11-6-8(1-2-10(11)7-14)5-9-3-4-15-12(9)16/h1-2,6,9H,3-5H2,(H,15,16). The predicted octanol–water partition coefficient (Wildman–Crippen LogP) is 1.38. The lowest BCUT2D eigenvalue weighted by Gasteiger charge is -2.06. The first-order chi connectivity index (χ1) is 7.70. The van der Waals surface area contributed by atoms with Crippen LogP contribution in [0.25, 0.3) is 0 Å². The summed E-state index contributed by atoms with van der Waals surface area (Å²) in [6, 6.07) is 6.27. The van der Waals surface area contributed by atoms with Crippen LogP contribution in [0.4, 0.5) is 4.39 Å². The van der Waals surface area contributed by atoms with Crippen LogP contribution in [0, 0.1) is 23.1 Å². The smallest absolute Gasteiger partial charge is 0.223 e. The summed E-state index contributed by atoms with van der Waals surface area (Å²) in [6.45, 7) is 0.697. The number of carbonyl (C=O) groups excluding carboxylic acids is 1. The molecule has 0 radical (unpaired) electrons. The fraction of sp³-hybridized carbons (Fsp3) is 0.333. The predicted molar refractivity (Wildman–Crippen MR) is 55.9 cm³/mol. The van der Waals surface area contributed by atoms with Gasteiger partial charge in [-0.2, -0.15) is 5.26 Å². The molecule has 16 heavy (non-hydrogen) atoms. The fourth-order valence-electron chi connectivity index (χ4n) is 1.90. The van der Waals surface area contributed by atoms with Gasteiger partial charge in [0.1, 0.15) is 11.9 Å². The van der Waals surface area contributed by atoms with Crippen molar-refractivity contribution in [2.45, 2.75) is 12.8 Å². The van der Waals surface area contributed by atoms with Crippen molar-refractivity contribution in [1.82, 2.24) is 5.32 Å². The van der Waals surface area contributed by atoms with E-state index in [9.17, 15) is 9.18 Å². The number of hydrogen-bond acceptors (Lipinski definition) is 2. The van der Waals surface area contributed by atoms with E-state index in [0.717, 1.165) is 12.0 Å². The second-order valence-electron chi connectivity index (χ2n) is 3.91. The van der Waals surface area contributed by atoms with Crippen LogP contribution in [0.3, 0.4) is 0 Å². The van der Waals surface area contributed by atoms with Gasteiger partial charge in [0, 0.05) is 12.5 Å². The number of halogens is 1. The van der Waals surface area contributed by atoms with Gasteiger partial charge in [0.15, 0.2) is 0 Å². The number of hydrogen-bond donors (Lipinski definition) is 1. The Bertz CT molecular complexity index is 465. The van der Waals surface area contributed by atoms with E-state index in [1.54, 1.807) is 12.1 Å². The minimum Gasteiger partial charge on any atom is -0.356 e. The van der Waals surface area contributed by atoms with Crippen molar-refractivity contribution in [2.75, 3.05) is 6.54 Å². The maximum atomic E-state index is 13.3. The molecule has 82 valence electrons. The molecule has 1 fully saturated rings. The largest absolute Gasteiger partial charge is 0.356 e. The third kappa shape index (κ3) is 2.03. The molecule has 0 bridgehead atoms. The summed E-state index contributed by atoms with van der Waals surface area (Å²) in [7, 11) is 0. The van der Waals surface area contributed by atoms with Crippen molar-refractivity contribution in [3.63, 3.8) is 0 Å². The third-order valence-electron chi connectivity index (χ3n) is 2.80.